The van der Waals surface area contributed by atoms with Crippen molar-refractivity contribution in [1.29, 1.82) is 0 Å². The minimum absolute atomic E-state index is 0.00922. The maximum atomic E-state index is 12.8. The molecule has 0 amide bonds. The maximum absolute atomic E-state index is 12.8. The van der Waals surface area contributed by atoms with Gasteiger partial charge in [0.05, 0.1) is 12.1 Å². The van der Waals surface area contributed by atoms with Gasteiger partial charge in [-0.25, -0.2) is 5.10 Å². The van der Waals surface area contributed by atoms with Crippen molar-refractivity contribution in [2.24, 2.45) is 0 Å². The molecule has 0 atom stereocenters. The summed E-state index contributed by atoms with van der Waals surface area (Å²) in [5.41, 5.74) is 7.06. The molecule has 5 rings (SSSR count). The summed E-state index contributed by atoms with van der Waals surface area (Å²) in [5.74, 6) is 0.629. The highest BCUT2D eigenvalue weighted by Gasteiger charge is 2.12. The first-order valence-corrected chi connectivity index (χ1v) is 11.1. The first-order valence-electron chi connectivity index (χ1n) is 11.1. The first-order chi connectivity index (χ1) is 16.2. The van der Waals surface area contributed by atoms with Gasteiger partial charge in [0.25, 0.3) is 5.56 Å². The van der Waals surface area contributed by atoms with Gasteiger partial charge in [0, 0.05) is 28.4 Å². The topological polar surface area (TPSA) is 89.4 Å². The predicted molar refractivity (Wildman–Crippen MR) is 129 cm³/mol. The van der Waals surface area contributed by atoms with E-state index in [4.69, 9.17) is 4.98 Å². The molecule has 7 nitrogen and oxygen atoms in total. The fourth-order valence-corrected chi connectivity index (χ4v) is 4.22. The first kappa shape index (κ1) is 20.8. The summed E-state index contributed by atoms with van der Waals surface area (Å²) in [6.07, 6.45) is 1.66. The molecule has 0 bridgehead atoms. The largest absolute Gasteiger partial charge is 0.304 e. The second-order valence-electron chi connectivity index (χ2n) is 7.95. The Morgan fingerprint density at radius 3 is 2.39 bits per heavy atom. The van der Waals surface area contributed by atoms with E-state index >= 15 is 0 Å². The van der Waals surface area contributed by atoms with E-state index in [0.717, 1.165) is 57.4 Å². The normalized spacial score (nSPS) is 11.2. The van der Waals surface area contributed by atoms with Crippen LogP contribution in [0.5, 0.6) is 0 Å². The third kappa shape index (κ3) is 3.93. The van der Waals surface area contributed by atoms with E-state index in [1.54, 1.807) is 6.07 Å². The minimum Gasteiger partial charge on any atom is -0.304 e. The summed E-state index contributed by atoms with van der Waals surface area (Å²) < 4.78 is 1.85. The van der Waals surface area contributed by atoms with Crippen molar-refractivity contribution in [2.75, 3.05) is 0 Å². The zero-order valence-corrected chi connectivity index (χ0v) is 18.6. The summed E-state index contributed by atoms with van der Waals surface area (Å²) >= 11 is 0. The number of nitrogens with zero attached hydrogens (tertiary/aromatic N) is 5. The van der Waals surface area contributed by atoms with E-state index in [1.807, 2.05) is 41.0 Å². The number of pyridine rings is 2. The van der Waals surface area contributed by atoms with Crippen LogP contribution in [-0.2, 0) is 19.4 Å². The predicted octanol–water partition coefficient (Wildman–Crippen LogP) is 4.42. The van der Waals surface area contributed by atoms with Crippen molar-refractivity contribution in [3.8, 4) is 22.5 Å². The summed E-state index contributed by atoms with van der Waals surface area (Å²) in [4.78, 5) is 17.6. The molecule has 0 fully saturated rings. The molecule has 0 saturated carbocycles. The van der Waals surface area contributed by atoms with Crippen molar-refractivity contribution in [3.05, 3.63) is 94.0 Å². The number of aromatic amines is 1. The molecule has 0 saturated heterocycles. The monoisotopic (exact) mass is 436 g/mol. The average Bonchev–Trinajstić information content (AvgIpc) is 3.40. The number of aromatic nitrogens is 6. The van der Waals surface area contributed by atoms with Crippen molar-refractivity contribution in [3.63, 3.8) is 0 Å². The zero-order valence-electron chi connectivity index (χ0n) is 18.6. The van der Waals surface area contributed by atoms with Crippen LogP contribution in [0.2, 0.25) is 0 Å². The van der Waals surface area contributed by atoms with Crippen LogP contribution in [0.1, 0.15) is 30.8 Å². The number of nitrogens with one attached hydrogen (secondary N) is 1. The number of benzene rings is 2. The molecule has 164 valence electrons. The third-order valence-corrected chi connectivity index (χ3v) is 5.95. The number of aryl methyl sites for hydroxylation is 2. The summed E-state index contributed by atoms with van der Waals surface area (Å²) in [5, 5.41) is 15.3. The van der Waals surface area contributed by atoms with Gasteiger partial charge in [0.1, 0.15) is 0 Å². The van der Waals surface area contributed by atoms with Crippen LogP contribution in [0.15, 0.2) is 71.5 Å². The summed E-state index contributed by atoms with van der Waals surface area (Å²) in [6.45, 7) is 4.69. The lowest BCUT2D eigenvalue weighted by Gasteiger charge is -2.14. The van der Waals surface area contributed by atoms with Crippen LogP contribution in [0.25, 0.3) is 33.4 Å². The van der Waals surface area contributed by atoms with Crippen molar-refractivity contribution in [1.82, 2.24) is 30.2 Å². The molecule has 7 heteroatoms. The molecule has 0 radical (unpaired) electrons. The lowest BCUT2D eigenvalue weighted by Crippen LogP contribution is -2.20. The molecule has 5 aromatic rings. The quantitative estimate of drug-likeness (QED) is 0.426. The van der Waals surface area contributed by atoms with Gasteiger partial charge in [-0.05, 0) is 52.1 Å². The molecule has 3 aromatic heterocycles. The van der Waals surface area contributed by atoms with Crippen LogP contribution in [-0.4, -0.2) is 30.2 Å². The molecule has 0 aliphatic rings. The highest BCUT2D eigenvalue weighted by atomic mass is 16.1. The lowest BCUT2D eigenvalue weighted by atomic mass is 9.98. The smallest absolute Gasteiger partial charge is 0.251 e. The molecule has 0 aliphatic carbocycles. The fourth-order valence-electron chi connectivity index (χ4n) is 4.22. The van der Waals surface area contributed by atoms with E-state index in [-0.39, 0.29) is 5.56 Å². The minimum atomic E-state index is -0.00922. The number of tetrazole rings is 1. The van der Waals surface area contributed by atoms with Gasteiger partial charge in [-0.1, -0.05) is 62.4 Å². The van der Waals surface area contributed by atoms with Gasteiger partial charge in [-0.15, -0.1) is 5.10 Å². The van der Waals surface area contributed by atoms with Crippen molar-refractivity contribution >= 4 is 10.9 Å². The zero-order chi connectivity index (χ0) is 22.8. The number of rotatable bonds is 6. The molecule has 0 aliphatic heterocycles. The summed E-state index contributed by atoms with van der Waals surface area (Å²) in [6, 6.07) is 21.9. The van der Waals surface area contributed by atoms with E-state index in [1.165, 1.54) is 0 Å². The van der Waals surface area contributed by atoms with Crippen LogP contribution in [0.3, 0.4) is 0 Å². The number of fused-ring (bicyclic) bond motifs is 1. The van der Waals surface area contributed by atoms with E-state index in [9.17, 15) is 4.79 Å². The van der Waals surface area contributed by atoms with E-state index in [0.29, 0.717) is 12.4 Å². The standard InChI is InChI=1S/C26H24N6O/c1-3-19-15-24-22(23(4-2)27-19)13-14-25(33)32(24)16-17-9-11-18(12-10-17)20-7-5-6-8-21(20)26-28-30-31-29-26/h5-15H,3-4,16H2,1-2H3,(H,28,29,30,31). The van der Waals surface area contributed by atoms with Gasteiger partial charge in [-0.2, -0.15) is 0 Å². The Morgan fingerprint density at radius 2 is 1.70 bits per heavy atom. The Bertz CT molecular complexity index is 1470. The highest BCUT2D eigenvalue weighted by Crippen LogP contribution is 2.30. The molecular formula is C26H24N6O. The van der Waals surface area contributed by atoms with Crippen LogP contribution >= 0.6 is 0 Å². The Morgan fingerprint density at radius 1 is 0.909 bits per heavy atom. The maximum Gasteiger partial charge on any atom is 0.251 e. The van der Waals surface area contributed by atoms with E-state index in [2.05, 4.69) is 58.7 Å². The second-order valence-corrected chi connectivity index (χ2v) is 7.95. The van der Waals surface area contributed by atoms with Gasteiger partial charge in [0.15, 0.2) is 5.82 Å². The van der Waals surface area contributed by atoms with Crippen LogP contribution in [0, 0.1) is 0 Å². The Balaban J connectivity index is 1.53. The fraction of sp³-hybridized carbons (Fsp3) is 0.192. The molecule has 1 N–H and O–H groups in total. The second kappa shape index (κ2) is 8.78. The van der Waals surface area contributed by atoms with Crippen molar-refractivity contribution in [2.45, 2.75) is 33.2 Å². The third-order valence-electron chi connectivity index (χ3n) is 5.95. The molecule has 0 unspecified atom stereocenters. The van der Waals surface area contributed by atoms with Gasteiger partial charge >= 0.3 is 0 Å². The van der Waals surface area contributed by atoms with Crippen LogP contribution < -0.4 is 5.56 Å². The number of hydrogen-bond donors (Lipinski definition) is 1. The Hall–Kier alpha value is -4.13. The van der Waals surface area contributed by atoms with Gasteiger partial charge in [0.2, 0.25) is 0 Å². The number of H-pyrrole nitrogens is 1. The molecule has 2 aromatic carbocycles. The highest BCUT2D eigenvalue weighted by molar-refractivity contribution is 5.82. The van der Waals surface area contributed by atoms with Gasteiger partial charge < -0.3 is 4.57 Å². The van der Waals surface area contributed by atoms with E-state index < -0.39 is 0 Å². The lowest BCUT2D eigenvalue weighted by molar-refractivity contribution is 0.790. The molecule has 33 heavy (non-hydrogen) atoms. The summed E-state index contributed by atoms with van der Waals surface area (Å²) in [7, 11) is 0. The molecular weight excluding hydrogens is 412 g/mol. The molecule has 0 spiro atoms. The number of hydrogen-bond acceptors (Lipinski definition) is 5. The Kier molecular flexibility index (Phi) is 5.52. The SMILES string of the molecule is CCc1cc2c(ccc(=O)n2Cc2ccc(-c3ccccc3-c3nnn[nH]3)cc2)c(CC)n1. The van der Waals surface area contributed by atoms with Crippen LogP contribution in [0.4, 0.5) is 0 Å². The van der Waals surface area contributed by atoms with Crippen molar-refractivity contribution < 1.29 is 0 Å². The Labute approximate surface area is 191 Å². The van der Waals surface area contributed by atoms with Gasteiger partial charge in [-0.3, -0.25) is 9.78 Å². The molecule has 3 heterocycles. The average molecular weight is 437 g/mol.